The first-order valence-electron chi connectivity index (χ1n) is 6.24. The third-order valence-corrected chi connectivity index (χ3v) is 3.07. The molecule has 0 fully saturated rings. The van der Waals surface area contributed by atoms with E-state index in [0.29, 0.717) is 11.1 Å². The molecule has 102 valence electrons. The van der Waals surface area contributed by atoms with Crippen LogP contribution in [-0.2, 0) is 0 Å². The van der Waals surface area contributed by atoms with Crippen LogP contribution in [0, 0.1) is 13.8 Å². The van der Waals surface area contributed by atoms with Crippen LogP contribution in [0.3, 0.4) is 0 Å². The maximum absolute atomic E-state index is 9.26. The van der Waals surface area contributed by atoms with Crippen LogP contribution in [0.25, 0.3) is 0 Å². The van der Waals surface area contributed by atoms with Gasteiger partial charge in [0.05, 0.1) is 0 Å². The highest BCUT2D eigenvalue weighted by atomic mass is 16.4. The Bertz CT molecular complexity index is 582. The monoisotopic (exact) mass is 268 g/mol. The molecule has 4 heteroatoms. The first kappa shape index (κ1) is 13.8. The number of benzene rings is 2. The molecule has 0 aliphatic heterocycles. The highest BCUT2D eigenvalue weighted by Crippen LogP contribution is 2.12. The van der Waals surface area contributed by atoms with E-state index in [9.17, 15) is 10.4 Å². The predicted octanol–water partition coefficient (Wildman–Crippen LogP) is 3.36. The summed E-state index contributed by atoms with van der Waals surface area (Å²) in [7, 11) is 0. The summed E-state index contributed by atoms with van der Waals surface area (Å²) in [6.07, 6.45) is 0. The van der Waals surface area contributed by atoms with Gasteiger partial charge in [0.2, 0.25) is 0 Å². The topological polar surface area (TPSA) is 65.2 Å². The van der Waals surface area contributed by atoms with Gasteiger partial charge in [-0.05, 0) is 13.8 Å². The molecular formula is C16H16N2O2. The van der Waals surface area contributed by atoms with E-state index in [4.69, 9.17) is 0 Å². The van der Waals surface area contributed by atoms with Crippen LogP contribution in [0.1, 0.15) is 22.3 Å². The van der Waals surface area contributed by atoms with E-state index >= 15 is 0 Å². The molecule has 0 aliphatic carbocycles. The van der Waals surface area contributed by atoms with Gasteiger partial charge in [-0.15, -0.1) is 0 Å². The first-order chi connectivity index (χ1) is 9.65. The number of aryl methyl sites for hydroxylation is 2. The molecule has 0 atom stereocenters. The van der Waals surface area contributed by atoms with Gasteiger partial charge in [-0.2, -0.15) is 0 Å². The van der Waals surface area contributed by atoms with E-state index in [1.807, 2.05) is 62.4 Å². The first-order valence-corrected chi connectivity index (χ1v) is 6.24. The van der Waals surface area contributed by atoms with Gasteiger partial charge < -0.3 is 10.4 Å². The zero-order valence-electron chi connectivity index (χ0n) is 11.4. The lowest BCUT2D eigenvalue weighted by atomic mass is 9.98. The maximum Gasteiger partial charge on any atom is 0.139 e. The van der Waals surface area contributed by atoms with Crippen LogP contribution in [0.5, 0.6) is 0 Å². The molecule has 0 heterocycles. The molecule has 0 radical (unpaired) electrons. The van der Waals surface area contributed by atoms with Crippen LogP contribution in [0.2, 0.25) is 0 Å². The molecule has 2 aromatic rings. The fourth-order valence-electron chi connectivity index (χ4n) is 1.91. The number of hydrogen-bond acceptors (Lipinski definition) is 4. The lowest BCUT2D eigenvalue weighted by molar-refractivity contribution is 0.314. The Labute approximate surface area is 117 Å². The molecule has 0 aromatic heterocycles. The molecule has 0 saturated heterocycles. The Morgan fingerprint density at radius 2 is 0.950 bits per heavy atom. The lowest BCUT2D eigenvalue weighted by Gasteiger charge is -2.08. The molecule has 0 saturated carbocycles. The third kappa shape index (κ3) is 2.85. The number of rotatable bonds is 3. The SMILES string of the molecule is Cc1ccc(C(=NO)C(=NO)c2ccc(C)cc2)cc1. The molecule has 2 aromatic carbocycles. The van der Waals surface area contributed by atoms with Crippen molar-refractivity contribution >= 4 is 11.4 Å². The van der Waals surface area contributed by atoms with E-state index in [-0.39, 0.29) is 11.4 Å². The Morgan fingerprint density at radius 1 is 0.650 bits per heavy atom. The molecule has 0 spiro atoms. The highest BCUT2D eigenvalue weighted by molar-refractivity contribution is 6.53. The smallest absolute Gasteiger partial charge is 0.139 e. The second-order valence-corrected chi connectivity index (χ2v) is 4.63. The van der Waals surface area contributed by atoms with Crippen molar-refractivity contribution in [2.24, 2.45) is 10.3 Å². The second-order valence-electron chi connectivity index (χ2n) is 4.63. The van der Waals surface area contributed by atoms with E-state index in [1.165, 1.54) is 0 Å². The summed E-state index contributed by atoms with van der Waals surface area (Å²) in [6, 6.07) is 14.9. The highest BCUT2D eigenvalue weighted by Gasteiger charge is 2.15. The molecule has 4 nitrogen and oxygen atoms in total. The van der Waals surface area contributed by atoms with E-state index in [0.717, 1.165) is 11.1 Å². The van der Waals surface area contributed by atoms with Crippen molar-refractivity contribution in [3.63, 3.8) is 0 Å². The second kappa shape index (κ2) is 6.02. The summed E-state index contributed by atoms with van der Waals surface area (Å²) in [5.41, 5.74) is 4.04. The minimum atomic E-state index is 0.233. The fourth-order valence-corrected chi connectivity index (χ4v) is 1.91. The molecule has 0 aliphatic rings. The molecular weight excluding hydrogens is 252 g/mol. The van der Waals surface area contributed by atoms with Crippen molar-refractivity contribution in [3.05, 3.63) is 70.8 Å². The minimum absolute atomic E-state index is 0.233. The minimum Gasteiger partial charge on any atom is -0.410 e. The average Bonchev–Trinajstić information content (AvgIpc) is 2.47. The number of oxime groups is 2. The summed E-state index contributed by atoms with van der Waals surface area (Å²) in [5, 5.41) is 25.1. The summed E-state index contributed by atoms with van der Waals surface area (Å²) < 4.78 is 0. The van der Waals surface area contributed by atoms with Gasteiger partial charge in [-0.3, -0.25) is 0 Å². The lowest BCUT2D eigenvalue weighted by Crippen LogP contribution is -2.17. The van der Waals surface area contributed by atoms with Crippen molar-refractivity contribution in [2.45, 2.75) is 13.8 Å². The molecule has 2 rings (SSSR count). The molecule has 0 bridgehead atoms. The zero-order chi connectivity index (χ0) is 14.5. The normalized spacial score (nSPS) is 12.5. The molecule has 0 amide bonds. The van der Waals surface area contributed by atoms with Crippen LogP contribution >= 0.6 is 0 Å². The van der Waals surface area contributed by atoms with E-state index in [1.54, 1.807) is 0 Å². The predicted molar refractivity (Wildman–Crippen MR) is 79.0 cm³/mol. The van der Waals surface area contributed by atoms with Crippen molar-refractivity contribution in [1.82, 2.24) is 0 Å². The average molecular weight is 268 g/mol. The summed E-state index contributed by atoms with van der Waals surface area (Å²) in [5.74, 6) is 0. The molecule has 2 N–H and O–H groups in total. The third-order valence-electron chi connectivity index (χ3n) is 3.07. The van der Waals surface area contributed by atoms with Crippen molar-refractivity contribution in [2.75, 3.05) is 0 Å². The quantitative estimate of drug-likeness (QED) is 0.509. The van der Waals surface area contributed by atoms with Crippen LogP contribution in [0.4, 0.5) is 0 Å². The van der Waals surface area contributed by atoms with Crippen molar-refractivity contribution in [3.8, 4) is 0 Å². The Hall–Kier alpha value is -2.62. The number of hydrogen-bond donors (Lipinski definition) is 2. The van der Waals surface area contributed by atoms with Crippen LogP contribution in [0.15, 0.2) is 58.8 Å². The Balaban J connectivity index is 2.44. The van der Waals surface area contributed by atoms with Gasteiger partial charge in [0, 0.05) is 11.1 Å². The maximum atomic E-state index is 9.26. The van der Waals surface area contributed by atoms with Gasteiger partial charge in [0.1, 0.15) is 11.4 Å². The van der Waals surface area contributed by atoms with E-state index in [2.05, 4.69) is 10.3 Å². The van der Waals surface area contributed by atoms with Gasteiger partial charge in [0.15, 0.2) is 0 Å². The van der Waals surface area contributed by atoms with Crippen molar-refractivity contribution < 1.29 is 10.4 Å². The van der Waals surface area contributed by atoms with E-state index < -0.39 is 0 Å². The summed E-state index contributed by atoms with van der Waals surface area (Å²) in [4.78, 5) is 0. The summed E-state index contributed by atoms with van der Waals surface area (Å²) in [6.45, 7) is 3.95. The number of nitrogens with zero attached hydrogens (tertiary/aromatic N) is 2. The van der Waals surface area contributed by atoms with Gasteiger partial charge in [-0.25, -0.2) is 0 Å². The molecule has 20 heavy (non-hydrogen) atoms. The fraction of sp³-hybridized carbons (Fsp3) is 0.125. The van der Waals surface area contributed by atoms with Gasteiger partial charge >= 0.3 is 0 Å². The standard InChI is InChI=1S/C16H16N2O2/c1-11-3-7-13(8-4-11)15(17-19)16(18-20)14-9-5-12(2)6-10-14/h3-10,19-20H,1-2H3. The Morgan fingerprint density at radius 3 is 1.20 bits per heavy atom. The van der Waals surface area contributed by atoms with Gasteiger partial charge in [0.25, 0.3) is 0 Å². The van der Waals surface area contributed by atoms with Crippen LogP contribution in [-0.4, -0.2) is 21.8 Å². The largest absolute Gasteiger partial charge is 0.410 e. The zero-order valence-corrected chi connectivity index (χ0v) is 11.4. The summed E-state index contributed by atoms with van der Waals surface area (Å²) >= 11 is 0. The van der Waals surface area contributed by atoms with Gasteiger partial charge in [-0.1, -0.05) is 70.0 Å². The molecule has 0 unspecified atom stereocenters. The van der Waals surface area contributed by atoms with Crippen LogP contribution < -0.4 is 0 Å². The Kier molecular flexibility index (Phi) is 4.15. The van der Waals surface area contributed by atoms with Crippen molar-refractivity contribution in [1.29, 1.82) is 0 Å².